The highest BCUT2D eigenvalue weighted by Crippen LogP contribution is 2.27. The highest BCUT2D eigenvalue weighted by Gasteiger charge is 2.31. The number of rotatable bonds is 7. The summed E-state index contributed by atoms with van der Waals surface area (Å²) in [4.78, 5) is 30.7. The number of pyridine rings is 1. The first-order valence-electron chi connectivity index (χ1n) is 11.9. The van der Waals surface area contributed by atoms with Crippen molar-refractivity contribution in [2.24, 2.45) is 13.0 Å². The monoisotopic (exact) mass is 464 g/mol. The maximum atomic E-state index is 13.4. The number of hydrogen-bond acceptors (Lipinski definition) is 6. The Balaban J connectivity index is 1.52. The molecule has 0 radical (unpaired) electrons. The Labute approximate surface area is 199 Å². The standard InChI is InChI=1S/C24H32N8O2/c1-4-32-22(16(2)29-30-32)18-11-12-20(25-15-18)27-24(34)21(17-9-7-5-6-8-10-17)28-23(33)19-13-14-26-31(19)3/h11-15,17,21H,4-10H2,1-3H3,(H,28,33)(H,25,27,34). The van der Waals surface area contributed by atoms with Gasteiger partial charge in [-0.2, -0.15) is 5.10 Å². The van der Waals surface area contributed by atoms with Gasteiger partial charge in [-0.25, -0.2) is 9.67 Å². The van der Waals surface area contributed by atoms with Crippen LogP contribution in [0.1, 0.15) is 61.6 Å². The lowest BCUT2D eigenvalue weighted by molar-refractivity contribution is -0.119. The molecule has 3 aromatic rings. The second-order valence-electron chi connectivity index (χ2n) is 8.80. The van der Waals surface area contributed by atoms with Crippen LogP contribution in [0.5, 0.6) is 0 Å². The molecular formula is C24H32N8O2. The summed E-state index contributed by atoms with van der Waals surface area (Å²) in [7, 11) is 1.71. The summed E-state index contributed by atoms with van der Waals surface area (Å²) in [5.41, 5.74) is 3.04. The first-order valence-corrected chi connectivity index (χ1v) is 11.9. The van der Waals surface area contributed by atoms with Gasteiger partial charge in [-0.3, -0.25) is 14.3 Å². The Kier molecular flexibility index (Phi) is 7.34. The lowest BCUT2D eigenvalue weighted by atomic mass is 9.91. The van der Waals surface area contributed by atoms with E-state index in [1.165, 1.54) is 4.68 Å². The highest BCUT2D eigenvalue weighted by atomic mass is 16.2. The zero-order chi connectivity index (χ0) is 24.1. The third-order valence-electron chi connectivity index (χ3n) is 6.49. The van der Waals surface area contributed by atoms with E-state index in [1.54, 1.807) is 31.6 Å². The number of anilines is 1. The predicted octanol–water partition coefficient (Wildman–Crippen LogP) is 3.11. The molecule has 2 N–H and O–H groups in total. The molecular weight excluding hydrogens is 432 g/mol. The molecule has 1 aliphatic rings. The third-order valence-corrected chi connectivity index (χ3v) is 6.49. The fourth-order valence-corrected chi connectivity index (χ4v) is 4.64. The van der Waals surface area contributed by atoms with Gasteiger partial charge in [0.1, 0.15) is 17.6 Å². The molecule has 0 aromatic carbocycles. The second-order valence-corrected chi connectivity index (χ2v) is 8.80. The summed E-state index contributed by atoms with van der Waals surface area (Å²) in [5, 5.41) is 18.2. The number of carbonyl (C=O) groups excluding carboxylic acids is 2. The van der Waals surface area contributed by atoms with Crippen LogP contribution in [0.25, 0.3) is 11.3 Å². The lowest BCUT2D eigenvalue weighted by Gasteiger charge is -2.26. The maximum Gasteiger partial charge on any atom is 0.270 e. The van der Waals surface area contributed by atoms with Crippen molar-refractivity contribution < 1.29 is 9.59 Å². The van der Waals surface area contributed by atoms with Gasteiger partial charge in [-0.05, 0) is 50.8 Å². The van der Waals surface area contributed by atoms with E-state index in [0.717, 1.165) is 55.5 Å². The van der Waals surface area contributed by atoms with Gasteiger partial charge in [0.05, 0.1) is 11.4 Å². The average Bonchev–Trinajstić information content (AvgIpc) is 3.32. The Morgan fingerprint density at radius 2 is 1.91 bits per heavy atom. The van der Waals surface area contributed by atoms with Crippen molar-refractivity contribution in [2.45, 2.75) is 65.0 Å². The van der Waals surface area contributed by atoms with Crippen LogP contribution in [0.2, 0.25) is 0 Å². The summed E-state index contributed by atoms with van der Waals surface area (Å²) < 4.78 is 3.33. The largest absolute Gasteiger partial charge is 0.339 e. The van der Waals surface area contributed by atoms with Gasteiger partial charge in [-0.15, -0.1) is 5.10 Å². The summed E-state index contributed by atoms with van der Waals surface area (Å²) in [6.07, 6.45) is 9.53. The van der Waals surface area contributed by atoms with E-state index in [4.69, 9.17) is 0 Å². The van der Waals surface area contributed by atoms with E-state index in [0.29, 0.717) is 18.1 Å². The fourth-order valence-electron chi connectivity index (χ4n) is 4.64. The van der Waals surface area contributed by atoms with Gasteiger partial charge < -0.3 is 10.6 Å². The Morgan fingerprint density at radius 1 is 1.15 bits per heavy atom. The smallest absolute Gasteiger partial charge is 0.270 e. The quantitative estimate of drug-likeness (QED) is 0.519. The molecule has 0 spiro atoms. The molecule has 4 rings (SSSR count). The van der Waals surface area contributed by atoms with E-state index in [-0.39, 0.29) is 17.7 Å². The van der Waals surface area contributed by atoms with E-state index < -0.39 is 6.04 Å². The first-order chi connectivity index (χ1) is 16.5. The minimum absolute atomic E-state index is 0.0755. The molecule has 0 aliphatic heterocycles. The maximum absolute atomic E-state index is 13.4. The fraction of sp³-hybridized carbons (Fsp3) is 0.500. The molecule has 2 amide bonds. The van der Waals surface area contributed by atoms with E-state index in [2.05, 4.69) is 31.0 Å². The molecule has 10 heteroatoms. The molecule has 1 aliphatic carbocycles. The molecule has 1 fully saturated rings. The van der Waals surface area contributed by atoms with Crippen molar-refractivity contribution in [2.75, 3.05) is 5.32 Å². The number of aromatic nitrogens is 6. The van der Waals surface area contributed by atoms with E-state index >= 15 is 0 Å². The summed E-state index contributed by atoms with van der Waals surface area (Å²) in [5.74, 6) is -0.0375. The zero-order valence-electron chi connectivity index (χ0n) is 20.0. The highest BCUT2D eigenvalue weighted by molar-refractivity contribution is 6.00. The average molecular weight is 465 g/mol. The van der Waals surface area contributed by atoms with Crippen LogP contribution < -0.4 is 10.6 Å². The van der Waals surface area contributed by atoms with Crippen LogP contribution in [0, 0.1) is 12.8 Å². The molecule has 1 unspecified atom stereocenters. The number of hydrogen-bond donors (Lipinski definition) is 2. The number of nitrogens with one attached hydrogen (secondary N) is 2. The van der Waals surface area contributed by atoms with Crippen LogP contribution in [0.15, 0.2) is 30.6 Å². The molecule has 1 saturated carbocycles. The number of amides is 2. The van der Waals surface area contributed by atoms with Crippen molar-refractivity contribution in [3.8, 4) is 11.3 Å². The Hall–Kier alpha value is -3.56. The Bertz CT molecular complexity index is 1130. The molecule has 0 saturated heterocycles. The molecule has 34 heavy (non-hydrogen) atoms. The van der Waals surface area contributed by atoms with Gasteiger partial charge in [0.2, 0.25) is 5.91 Å². The molecule has 1 atom stereocenters. The minimum Gasteiger partial charge on any atom is -0.339 e. The van der Waals surface area contributed by atoms with Crippen LogP contribution in [0.3, 0.4) is 0 Å². The van der Waals surface area contributed by atoms with Crippen LogP contribution >= 0.6 is 0 Å². The Morgan fingerprint density at radius 3 is 2.53 bits per heavy atom. The summed E-state index contributed by atoms with van der Waals surface area (Å²) >= 11 is 0. The van der Waals surface area contributed by atoms with Crippen molar-refractivity contribution in [3.05, 3.63) is 42.0 Å². The van der Waals surface area contributed by atoms with Crippen molar-refractivity contribution in [1.82, 2.24) is 35.1 Å². The van der Waals surface area contributed by atoms with Crippen LogP contribution in [-0.4, -0.2) is 47.6 Å². The van der Waals surface area contributed by atoms with E-state index in [1.807, 2.05) is 24.6 Å². The number of aryl methyl sites for hydroxylation is 3. The second kappa shape index (κ2) is 10.6. The van der Waals surface area contributed by atoms with Crippen LogP contribution in [-0.2, 0) is 18.4 Å². The molecule has 3 aromatic heterocycles. The zero-order valence-corrected chi connectivity index (χ0v) is 20.0. The van der Waals surface area contributed by atoms with Crippen molar-refractivity contribution in [1.29, 1.82) is 0 Å². The molecule has 180 valence electrons. The predicted molar refractivity (Wildman–Crippen MR) is 128 cm³/mol. The van der Waals surface area contributed by atoms with E-state index in [9.17, 15) is 9.59 Å². The molecule has 3 heterocycles. The SMILES string of the molecule is CCn1nnc(C)c1-c1ccc(NC(=O)C(NC(=O)c2ccnn2C)C2CCCCCC2)nc1. The summed E-state index contributed by atoms with van der Waals surface area (Å²) in [6.45, 7) is 4.62. The number of nitrogens with zero attached hydrogens (tertiary/aromatic N) is 6. The topological polar surface area (TPSA) is 120 Å². The first kappa shape index (κ1) is 23.6. The van der Waals surface area contributed by atoms with Crippen molar-refractivity contribution in [3.63, 3.8) is 0 Å². The number of carbonyl (C=O) groups is 2. The van der Waals surface area contributed by atoms with Gasteiger partial charge in [0.15, 0.2) is 0 Å². The summed E-state index contributed by atoms with van der Waals surface area (Å²) in [6, 6.07) is 4.67. The van der Waals surface area contributed by atoms with Gasteiger partial charge in [-0.1, -0.05) is 30.9 Å². The van der Waals surface area contributed by atoms with Gasteiger partial charge in [0.25, 0.3) is 5.91 Å². The van der Waals surface area contributed by atoms with Crippen LogP contribution in [0.4, 0.5) is 5.82 Å². The van der Waals surface area contributed by atoms with Crippen molar-refractivity contribution >= 4 is 17.6 Å². The third kappa shape index (κ3) is 5.16. The van der Waals surface area contributed by atoms with Gasteiger partial charge in [0, 0.05) is 31.5 Å². The van der Waals surface area contributed by atoms with Gasteiger partial charge >= 0.3 is 0 Å². The molecule has 10 nitrogen and oxygen atoms in total. The lowest BCUT2D eigenvalue weighted by Crippen LogP contribution is -2.49. The molecule has 0 bridgehead atoms. The minimum atomic E-state index is -0.644. The normalized spacial score (nSPS) is 15.5.